The minimum Gasteiger partial charge on any atom is -0.386 e. The first kappa shape index (κ1) is 11.5. The first-order valence-corrected chi connectivity index (χ1v) is 6.78. The quantitative estimate of drug-likeness (QED) is 0.753. The molecular weight excluding hydrogens is 216 g/mol. The topological polar surface area (TPSA) is 43.8 Å². The van der Waals surface area contributed by atoms with E-state index in [1.807, 2.05) is 4.90 Å². The van der Waals surface area contributed by atoms with Crippen LogP contribution in [0.15, 0.2) is 0 Å². The van der Waals surface area contributed by atoms with Gasteiger partial charge in [-0.2, -0.15) is 0 Å². The molecule has 2 saturated heterocycles. The molecule has 1 N–H and O–H groups in total. The Morgan fingerprint density at radius 1 is 1.18 bits per heavy atom. The van der Waals surface area contributed by atoms with E-state index in [0.29, 0.717) is 19.0 Å². The van der Waals surface area contributed by atoms with Crippen LogP contribution in [0.3, 0.4) is 0 Å². The minimum absolute atomic E-state index is 0.204. The van der Waals surface area contributed by atoms with Gasteiger partial charge in [-0.25, -0.2) is 0 Å². The van der Waals surface area contributed by atoms with Gasteiger partial charge in [0, 0.05) is 5.92 Å². The standard InChI is InChI=1S/C13H22N2O2/c1-14-6-4-10(5-7-14)12(16)15-8-13(17,9-15)11-2-3-11/h10-11,17H,2-9H2,1H3. The fourth-order valence-corrected chi connectivity index (χ4v) is 3.16. The number of likely N-dealkylation sites (tertiary alicyclic amines) is 2. The number of hydrogen-bond donors (Lipinski definition) is 1. The SMILES string of the molecule is CN1CCC(C(=O)N2CC(O)(C3CC3)C2)CC1. The first-order valence-electron chi connectivity index (χ1n) is 6.78. The van der Waals surface area contributed by atoms with Crippen LogP contribution in [0.1, 0.15) is 25.7 Å². The molecule has 4 nitrogen and oxygen atoms in total. The van der Waals surface area contributed by atoms with Gasteiger partial charge in [-0.05, 0) is 51.7 Å². The fraction of sp³-hybridized carbons (Fsp3) is 0.923. The predicted molar refractivity (Wildman–Crippen MR) is 64.5 cm³/mol. The molecule has 0 radical (unpaired) electrons. The number of nitrogens with zero attached hydrogens (tertiary/aromatic N) is 2. The molecule has 17 heavy (non-hydrogen) atoms. The monoisotopic (exact) mass is 238 g/mol. The van der Waals surface area contributed by atoms with E-state index in [0.717, 1.165) is 38.8 Å². The third kappa shape index (κ3) is 2.08. The molecule has 3 fully saturated rings. The molecule has 0 spiro atoms. The summed E-state index contributed by atoms with van der Waals surface area (Å²) in [5.74, 6) is 0.961. The lowest BCUT2D eigenvalue weighted by Gasteiger charge is -2.48. The van der Waals surface area contributed by atoms with E-state index in [2.05, 4.69) is 11.9 Å². The highest BCUT2D eigenvalue weighted by atomic mass is 16.3. The molecule has 0 atom stereocenters. The lowest BCUT2D eigenvalue weighted by molar-refractivity contribution is -0.164. The van der Waals surface area contributed by atoms with Crippen LogP contribution in [0.4, 0.5) is 0 Å². The van der Waals surface area contributed by atoms with Crippen LogP contribution < -0.4 is 0 Å². The number of aliphatic hydroxyl groups is 1. The van der Waals surface area contributed by atoms with Crippen LogP contribution in [-0.2, 0) is 4.79 Å². The highest BCUT2D eigenvalue weighted by Gasteiger charge is 2.53. The summed E-state index contributed by atoms with van der Waals surface area (Å²) in [4.78, 5) is 16.4. The number of rotatable bonds is 2. The van der Waals surface area contributed by atoms with Crippen molar-refractivity contribution < 1.29 is 9.90 Å². The van der Waals surface area contributed by atoms with Crippen molar-refractivity contribution in [1.82, 2.24) is 9.80 Å². The van der Waals surface area contributed by atoms with Crippen LogP contribution in [0, 0.1) is 11.8 Å². The second-order valence-corrected chi connectivity index (χ2v) is 6.15. The minimum atomic E-state index is -0.527. The van der Waals surface area contributed by atoms with E-state index in [1.54, 1.807) is 0 Å². The van der Waals surface area contributed by atoms with Crippen LogP contribution in [0.2, 0.25) is 0 Å². The van der Waals surface area contributed by atoms with E-state index in [4.69, 9.17) is 0 Å². The molecule has 3 aliphatic rings. The second-order valence-electron chi connectivity index (χ2n) is 6.15. The highest BCUT2D eigenvalue weighted by molar-refractivity contribution is 5.80. The Balaban J connectivity index is 1.51. The van der Waals surface area contributed by atoms with Gasteiger partial charge in [0.1, 0.15) is 5.60 Å². The van der Waals surface area contributed by atoms with Gasteiger partial charge in [0.05, 0.1) is 13.1 Å². The molecule has 1 aliphatic carbocycles. The molecule has 96 valence electrons. The van der Waals surface area contributed by atoms with Crippen molar-refractivity contribution in [3.8, 4) is 0 Å². The van der Waals surface area contributed by atoms with Gasteiger partial charge in [0.2, 0.25) is 5.91 Å². The lowest BCUT2D eigenvalue weighted by atomic mass is 9.86. The average molecular weight is 238 g/mol. The maximum atomic E-state index is 12.2. The third-order valence-corrected chi connectivity index (χ3v) is 4.65. The number of carbonyl (C=O) groups excluding carboxylic acids is 1. The highest BCUT2D eigenvalue weighted by Crippen LogP contribution is 2.45. The van der Waals surface area contributed by atoms with E-state index in [-0.39, 0.29) is 11.8 Å². The Bertz CT molecular complexity index is 313. The average Bonchev–Trinajstić information content (AvgIpc) is 3.09. The zero-order valence-electron chi connectivity index (χ0n) is 10.6. The summed E-state index contributed by atoms with van der Waals surface area (Å²) in [5.41, 5.74) is -0.527. The molecule has 1 saturated carbocycles. The molecule has 0 bridgehead atoms. The number of carbonyl (C=O) groups is 1. The summed E-state index contributed by atoms with van der Waals surface area (Å²) in [5, 5.41) is 10.2. The van der Waals surface area contributed by atoms with Gasteiger partial charge in [-0.15, -0.1) is 0 Å². The van der Waals surface area contributed by atoms with Crippen molar-refractivity contribution in [2.24, 2.45) is 11.8 Å². The Morgan fingerprint density at radius 3 is 2.29 bits per heavy atom. The second kappa shape index (κ2) is 3.95. The summed E-state index contributed by atoms with van der Waals surface area (Å²) in [7, 11) is 2.11. The maximum absolute atomic E-state index is 12.2. The Kier molecular flexibility index (Phi) is 2.67. The number of hydrogen-bond acceptors (Lipinski definition) is 3. The molecule has 0 aromatic rings. The summed E-state index contributed by atoms with van der Waals surface area (Å²) < 4.78 is 0. The van der Waals surface area contributed by atoms with Crippen LogP contribution in [0.25, 0.3) is 0 Å². The summed E-state index contributed by atoms with van der Waals surface area (Å²) in [6.07, 6.45) is 4.25. The van der Waals surface area contributed by atoms with Gasteiger partial charge in [0.15, 0.2) is 0 Å². The van der Waals surface area contributed by atoms with Crippen LogP contribution in [0.5, 0.6) is 0 Å². The molecular formula is C13H22N2O2. The zero-order valence-corrected chi connectivity index (χ0v) is 10.6. The van der Waals surface area contributed by atoms with Crippen molar-refractivity contribution in [1.29, 1.82) is 0 Å². The van der Waals surface area contributed by atoms with Crippen LogP contribution in [-0.4, -0.2) is 59.6 Å². The Labute approximate surface area is 103 Å². The molecule has 4 heteroatoms. The van der Waals surface area contributed by atoms with Gasteiger partial charge in [-0.3, -0.25) is 4.79 Å². The number of β-amino-alcohol motifs (C(OH)–C–C–N with tert-alkyl or cyclic N) is 1. The first-order chi connectivity index (χ1) is 8.08. The molecule has 0 aromatic heterocycles. The predicted octanol–water partition coefficient (Wildman–Crippen LogP) is 0.311. The molecule has 2 heterocycles. The van der Waals surface area contributed by atoms with E-state index >= 15 is 0 Å². The van der Waals surface area contributed by atoms with E-state index < -0.39 is 5.60 Å². The molecule has 1 amide bonds. The van der Waals surface area contributed by atoms with Crippen LogP contribution >= 0.6 is 0 Å². The number of piperidine rings is 1. The van der Waals surface area contributed by atoms with Gasteiger partial charge in [-0.1, -0.05) is 0 Å². The van der Waals surface area contributed by atoms with Gasteiger partial charge in [0.25, 0.3) is 0 Å². The van der Waals surface area contributed by atoms with Crippen molar-refractivity contribution in [2.75, 3.05) is 33.2 Å². The normalized spacial score (nSPS) is 30.1. The van der Waals surface area contributed by atoms with E-state index in [9.17, 15) is 9.90 Å². The summed E-state index contributed by atoms with van der Waals surface area (Å²) in [6, 6.07) is 0. The maximum Gasteiger partial charge on any atom is 0.225 e. The van der Waals surface area contributed by atoms with Crippen molar-refractivity contribution >= 4 is 5.91 Å². The van der Waals surface area contributed by atoms with E-state index in [1.165, 1.54) is 0 Å². The Morgan fingerprint density at radius 2 is 1.76 bits per heavy atom. The lowest BCUT2D eigenvalue weighted by Crippen LogP contribution is -2.65. The van der Waals surface area contributed by atoms with Gasteiger partial charge >= 0.3 is 0 Å². The van der Waals surface area contributed by atoms with Crippen molar-refractivity contribution in [2.45, 2.75) is 31.3 Å². The van der Waals surface area contributed by atoms with Crippen molar-refractivity contribution in [3.63, 3.8) is 0 Å². The summed E-state index contributed by atoms with van der Waals surface area (Å²) >= 11 is 0. The third-order valence-electron chi connectivity index (χ3n) is 4.65. The van der Waals surface area contributed by atoms with Crippen molar-refractivity contribution in [3.05, 3.63) is 0 Å². The largest absolute Gasteiger partial charge is 0.386 e. The summed E-state index contributed by atoms with van der Waals surface area (Å²) in [6.45, 7) is 3.22. The zero-order chi connectivity index (χ0) is 12.0. The fourth-order valence-electron chi connectivity index (χ4n) is 3.16. The smallest absolute Gasteiger partial charge is 0.225 e. The van der Waals surface area contributed by atoms with Gasteiger partial charge < -0.3 is 14.9 Å². The number of amides is 1. The molecule has 0 aromatic carbocycles. The molecule has 3 rings (SSSR count). The Hall–Kier alpha value is -0.610. The molecule has 2 aliphatic heterocycles. The molecule has 0 unspecified atom stereocenters.